The second-order valence-electron chi connectivity index (χ2n) is 5.23. The lowest BCUT2D eigenvalue weighted by atomic mass is 10.2. The van der Waals surface area contributed by atoms with Crippen molar-refractivity contribution in [3.05, 3.63) is 29.8 Å². The second-order valence-corrected chi connectivity index (χ2v) is 6.64. The van der Waals surface area contributed by atoms with Crippen LogP contribution in [0.15, 0.2) is 29.2 Å². The summed E-state index contributed by atoms with van der Waals surface area (Å²) in [5, 5.41) is 6.32. The number of thioether (sulfide) groups is 1. The quantitative estimate of drug-likeness (QED) is 0.513. The fraction of sp³-hybridized carbons (Fsp3) is 0.588. The minimum atomic E-state index is -0.0501. The molecule has 0 aromatic heterocycles. The van der Waals surface area contributed by atoms with E-state index in [0.29, 0.717) is 0 Å². The van der Waals surface area contributed by atoms with Gasteiger partial charge in [-0.3, -0.25) is 4.79 Å². The first kappa shape index (κ1) is 18.1. The molecule has 1 atom stereocenters. The summed E-state index contributed by atoms with van der Waals surface area (Å²) in [5.41, 5.74) is 1.29. The average molecular weight is 308 g/mol. The number of rotatable bonds is 10. The van der Waals surface area contributed by atoms with E-state index in [1.807, 2.05) is 6.92 Å². The standard InChI is InChI=1S/C17H28N2OS/c1-4-6-12-19-17(20)14(3)21-16-9-7-15(8-10-16)13-18-11-5-2/h7-10,14,18H,4-6,11-13H2,1-3H3,(H,19,20). The molecule has 0 heterocycles. The summed E-state index contributed by atoms with van der Waals surface area (Å²) in [7, 11) is 0. The fourth-order valence-electron chi connectivity index (χ4n) is 1.89. The Labute approximate surface area is 133 Å². The van der Waals surface area contributed by atoms with Crippen LogP contribution in [0.1, 0.15) is 45.6 Å². The van der Waals surface area contributed by atoms with Gasteiger partial charge in [0.2, 0.25) is 5.91 Å². The average Bonchev–Trinajstić information content (AvgIpc) is 2.49. The normalized spacial score (nSPS) is 12.1. The predicted molar refractivity (Wildman–Crippen MR) is 91.7 cm³/mol. The van der Waals surface area contributed by atoms with Crippen LogP contribution in [0.25, 0.3) is 0 Å². The van der Waals surface area contributed by atoms with Gasteiger partial charge >= 0.3 is 0 Å². The van der Waals surface area contributed by atoms with Gasteiger partial charge in [-0.1, -0.05) is 32.4 Å². The van der Waals surface area contributed by atoms with Crippen LogP contribution in [-0.2, 0) is 11.3 Å². The number of amides is 1. The number of hydrogen-bond donors (Lipinski definition) is 2. The first-order valence-corrected chi connectivity index (χ1v) is 8.79. The minimum Gasteiger partial charge on any atom is -0.355 e. The van der Waals surface area contributed by atoms with Crippen LogP contribution in [0.4, 0.5) is 0 Å². The summed E-state index contributed by atoms with van der Waals surface area (Å²) in [6.45, 7) is 8.99. The van der Waals surface area contributed by atoms with Gasteiger partial charge in [0.25, 0.3) is 0 Å². The van der Waals surface area contributed by atoms with Gasteiger partial charge < -0.3 is 10.6 Å². The Hall–Kier alpha value is -1.00. The van der Waals surface area contributed by atoms with Crippen LogP contribution >= 0.6 is 11.8 Å². The summed E-state index contributed by atoms with van der Waals surface area (Å²) < 4.78 is 0. The van der Waals surface area contributed by atoms with Crippen LogP contribution < -0.4 is 10.6 Å². The molecule has 0 aliphatic carbocycles. The molecule has 0 aliphatic heterocycles. The van der Waals surface area contributed by atoms with Crippen LogP contribution in [0.5, 0.6) is 0 Å². The van der Waals surface area contributed by atoms with Crippen molar-refractivity contribution in [2.45, 2.75) is 56.7 Å². The second kappa shape index (κ2) is 10.7. The zero-order valence-electron chi connectivity index (χ0n) is 13.4. The molecule has 2 N–H and O–H groups in total. The van der Waals surface area contributed by atoms with E-state index in [9.17, 15) is 4.79 Å². The predicted octanol–water partition coefficient (Wildman–Crippen LogP) is 3.58. The Morgan fingerprint density at radius 2 is 1.86 bits per heavy atom. The molecule has 118 valence electrons. The highest BCUT2D eigenvalue weighted by molar-refractivity contribution is 8.00. The van der Waals surface area contributed by atoms with Crippen molar-refractivity contribution in [2.24, 2.45) is 0 Å². The number of hydrogen-bond acceptors (Lipinski definition) is 3. The van der Waals surface area contributed by atoms with Crippen LogP contribution in [0.2, 0.25) is 0 Å². The van der Waals surface area contributed by atoms with Crippen LogP contribution in [-0.4, -0.2) is 24.2 Å². The summed E-state index contributed by atoms with van der Waals surface area (Å²) in [4.78, 5) is 13.1. The third-order valence-corrected chi connectivity index (χ3v) is 4.30. The van der Waals surface area contributed by atoms with E-state index >= 15 is 0 Å². The van der Waals surface area contributed by atoms with Crippen molar-refractivity contribution in [3.8, 4) is 0 Å². The minimum absolute atomic E-state index is 0.0501. The molecule has 0 spiro atoms. The Balaban J connectivity index is 2.38. The molecule has 1 rings (SSSR count). The summed E-state index contributed by atoms with van der Waals surface area (Å²) in [5.74, 6) is 0.127. The Morgan fingerprint density at radius 3 is 2.48 bits per heavy atom. The van der Waals surface area contributed by atoms with E-state index in [0.717, 1.165) is 43.8 Å². The molecule has 1 aromatic carbocycles. The lowest BCUT2D eigenvalue weighted by Crippen LogP contribution is -2.31. The summed E-state index contributed by atoms with van der Waals surface area (Å²) in [6, 6.07) is 8.46. The largest absolute Gasteiger partial charge is 0.355 e. The highest BCUT2D eigenvalue weighted by atomic mass is 32.2. The number of nitrogens with one attached hydrogen (secondary N) is 2. The van der Waals surface area contributed by atoms with Gasteiger partial charge in [-0.25, -0.2) is 0 Å². The zero-order chi connectivity index (χ0) is 15.5. The highest BCUT2D eigenvalue weighted by Gasteiger charge is 2.13. The van der Waals surface area contributed by atoms with Crippen molar-refractivity contribution in [1.29, 1.82) is 0 Å². The zero-order valence-corrected chi connectivity index (χ0v) is 14.3. The molecule has 1 aromatic rings. The smallest absolute Gasteiger partial charge is 0.233 e. The SMILES string of the molecule is CCCCNC(=O)C(C)Sc1ccc(CNCCC)cc1. The molecule has 21 heavy (non-hydrogen) atoms. The molecule has 0 saturated carbocycles. The van der Waals surface area contributed by atoms with Gasteiger partial charge in [-0.05, 0) is 44.0 Å². The van der Waals surface area contributed by atoms with Gasteiger partial charge in [0, 0.05) is 18.0 Å². The van der Waals surface area contributed by atoms with Crippen molar-refractivity contribution >= 4 is 17.7 Å². The van der Waals surface area contributed by atoms with Gasteiger partial charge in [0.15, 0.2) is 0 Å². The number of unbranched alkanes of at least 4 members (excludes halogenated alkanes) is 1. The van der Waals surface area contributed by atoms with Gasteiger partial charge in [0.1, 0.15) is 0 Å². The molecule has 4 heteroatoms. The molecule has 1 unspecified atom stereocenters. The van der Waals surface area contributed by atoms with Crippen LogP contribution in [0.3, 0.4) is 0 Å². The van der Waals surface area contributed by atoms with Crippen molar-refractivity contribution < 1.29 is 4.79 Å². The molecular weight excluding hydrogens is 280 g/mol. The lowest BCUT2D eigenvalue weighted by Gasteiger charge is -2.12. The highest BCUT2D eigenvalue weighted by Crippen LogP contribution is 2.23. The Bertz CT molecular complexity index is 406. The first-order chi connectivity index (χ1) is 10.2. The van der Waals surface area contributed by atoms with E-state index in [1.165, 1.54) is 5.56 Å². The van der Waals surface area contributed by atoms with Crippen molar-refractivity contribution in [3.63, 3.8) is 0 Å². The maximum absolute atomic E-state index is 11.9. The van der Waals surface area contributed by atoms with Gasteiger partial charge in [-0.15, -0.1) is 11.8 Å². The first-order valence-electron chi connectivity index (χ1n) is 7.91. The summed E-state index contributed by atoms with van der Waals surface area (Å²) in [6.07, 6.45) is 3.30. The number of carbonyl (C=O) groups is 1. The molecule has 1 amide bonds. The van der Waals surface area contributed by atoms with E-state index in [-0.39, 0.29) is 11.2 Å². The molecule has 0 fully saturated rings. The maximum atomic E-state index is 11.9. The third-order valence-electron chi connectivity index (χ3n) is 3.19. The van der Waals surface area contributed by atoms with E-state index < -0.39 is 0 Å². The molecular formula is C17H28N2OS. The van der Waals surface area contributed by atoms with Crippen LogP contribution in [0, 0.1) is 0 Å². The Kier molecular flexibility index (Phi) is 9.19. The maximum Gasteiger partial charge on any atom is 0.233 e. The topological polar surface area (TPSA) is 41.1 Å². The molecule has 0 saturated heterocycles. The van der Waals surface area contributed by atoms with E-state index in [4.69, 9.17) is 0 Å². The molecule has 0 aliphatic rings. The van der Waals surface area contributed by atoms with Crippen molar-refractivity contribution in [1.82, 2.24) is 10.6 Å². The molecule has 0 bridgehead atoms. The lowest BCUT2D eigenvalue weighted by molar-refractivity contribution is -0.120. The Morgan fingerprint density at radius 1 is 1.14 bits per heavy atom. The monoisotopic (exact) mass is 308 g/mol. The molecule has 3 nitrogen and oxygen atoms in total. The summed E-state index contributed by atoms with van der Waals surface area (Å²) >= 11 is 1.61. The fourth-order valence-corrected chi connectivity index (χ4v) is 2.78. The number of carbonyl (C=O) groups excluding carboxylic acids is 1. The third kappa shape index (κ3) is 7.53. The van der Waals surface area contributed by atoms with E-state index in [1.54, 1.807) is 11.8 Å². The molecule has 0 radical (unpaired) electrons. The van der Waals surface area contributed by atoms with Crippen molar-refractivity contribution in [2.75, 3.05) is 13.1 Å². The van der Waals surface area contributed by atoms with E-state index in [2.05, 4.69) is 48.7 Å². The van der Waals surface area contributed by atoms with Gasteiger partial charge in [0.05, 0.1) is 5.25 Å². The van der Waals surface area contributed by atoms with Gasteiger partial charge in [-0.2, -0.15) is 0 Å². The number of benzene rings is 1.